The zero-order valence-corrected chi connectivity index (χ0v) is 14.6. The van der Waals surface area contributed by atoms with E-state index in [4.69, 9.17) is 5.11 Å². The van der Waals surface area contributed by atoms with E-state index in [1.54, 1.807) is 42.5 Å². The second kappa shape index (κ2) is 12.8. The first-order chi connectivity index (χ1) is 12.5. The lowest BCUT2D eigenvalue weighted by atomic mass is 10.1. The summed E-state index contributed by atoms with van der Waals surface area (Å²) in [5.41, 5.74) is 0.825. The van der Waals surface area contributed by atoms with Crippen molar-refractivity contribution in [2.75, 3.05) is 0 Å². The lowest BCUT2D eigenvalue weighted by Gasteiger charge is -2.13. The highest BCUT2D eigenvalue weighted by Crippen LogP contribution is 2.12. The van der Waals surface area contributed by atoms with Crippen molar-refractivity contribution < 1.29 is 25.2 Å². The maximum Gasteiger partial charge on any atom is 0.303 e. The molecule has 0 spiro atoms. The standard InChI is InChI=1S/C21H26O5/c22-18(17-11-6-5-7-12-17)13-8-3-1-2-4-9-14-19(23)20(24)15-10-16-21(25)26/h1-9,11-14,18-20,22-24H,10,15-16H2,(H,25,26)/b3-1+,4-2-,13-8+,14-9+/t18-,19+,20-/m0/s1. The van der Waals surface area contributed by atoms with Crippen LogP contribution in [0, 0.1) is 0 Å². The molecule has 0 saturated heterocycles. The molecule has 1 aromatic rings. The Bertz CT molecular complexity index is 631. The highest BCUT2D eigenvalue weighted by Gasteiger charge is 2.12. The van der Waals surface area contributed by atoms with Crippen LogP contribution in [0.3, 0.4) is 0 Å². The minimum Gasteiger partial charge on any atom is -0.481 e. The molecule has 3 atom stereocenters. The predicted octanol–water partition coefficient (Wildman–Crippen LogP) is 2.92. The number of rotatable bonds is 11. The van der Waals surface area contributed by atoms with E-state index in [1.165, 1.54) is 6.08 Å². The van der Waals surface area contributed by atoms with Crippen molar-refractivity contribution in [2.24, 2.45) is 0 Å². The van der Waals surface area contributed by atoms with Gasteiger partial charge in [-0.25, -0.2) is 0 Å². The van der Waals surface area contributed by atoms with E-state index in [1.807, 2.05) is 30.3 Å². The number of carboxylic acid groups (broad SMARTS) is 1. The summed E-state index contributed by atoms with van der Waals surface area (Å²) in [5.74, 6) is -0.915. The molecule has 0 aliphatic rings. The highest BCUT2D eigenvalue weighted by molar-refractivity contribution is 5.66. The molecule has 0 saturated carbocycles. The number of benzene rings is 1. The van der Waals surface area contributed by atoms with Crippen molar-refractivity contribution in [3.05, 3.63) is 84.5 Å². The molecule has 0 heterocycles. The van der Waals surface area contributed by atoms with Crippen molar-refractivity contribution >= 4 is 5.97 Å². The van der Waals surface area contributed by atoms with E-state index < -0.39 is 24.3 Å². The van der Waals surface area contributed by atoms with Gasteiger partial charge in [-0.1, -0.05) is 78.9 Å². The minimum atomic E-state index is -1.03. The Morgan fingerprint density at radius 3 is 2.08 bits per heavy atom. The summed E-state index contributed by atoms with van der Waals surface area (Å²) in [7, 11) is 0. The van der Waals surface area contributed by atoms with Gasteiger partial charge in [0.25, 0.3) is 0 Å². The number of aliphatic hydroxyl groups is 3. The summed E-state index contributed by atoms with van der Waals surface area (Å²) in [6, 6.07) is 9.34. The molecule has 0 aromatic heterocycles. The first kappa shape index (κ1) is 21.6. The van der Waals surface area contributed by atoms with Gasteiger partial charge in [-0.2, -0.15) is 0 Å². The second-order valence-electron chi connectivity index (χ2n) is 5.74. The van der Waals surface area contributed by atoms with Crippen LogP contribution >= 0.6 is 0 Å². The molecule has 1 aromatic carbocycles. The SMILES string of the molecule is O=C(O)CCC[C@H](O)[C@H](O)/C=C/C=C\C=C\C=C\[C@H](O)c1ccccc1. The summed E-state index contributed by atoms with van der Waals surface area (Å²) in [4.78, 5) is 10.4. The molecular formula is C21H26O5. The van der Waals surface area contributed by atoms with Crippen LogP contribution in [0.4, 0.5) is 0 Å². The van der Waals surface area contributed by atoms with Crippen molar-refractivity contribution in [3.63, 3.8) is 0 Å². The summed E-state index contributed by atoms with van der Waals surface area (Å²) < 4.78 is 0. The van der Waals surface area contributed by atoms with Gasteiger partial charge in [-0.15, -0.1) is 0 Å². The molecule has 0 amide bonds. The summed E-state index contributed by atoms with van der Waals surface area (Å²) in [5, 5.41) is 37.9. The summed E-state index contributed by atoms with van der Waals surface area (Å²) in [6.07, 6.45) is 11.3. The van der Waals surface area contributed by atoms with Crippen molar-refractivity contribution in [1.29, 1.82) is 0 Å². The quantitative estimate of drug-likeness (QED) is 0.456. The fourth-order valence-electron chi connectivity index (χ4n) is 2.13. The Hall–Kier alpha value is -2.47. The van der Waals surface area contributed by atoms with E-state index in [2.05, 4.69) is 0 Å². The smallest absolute Gasteiger partial charge is 0.303 e. The Morgan fingerprint density at radius 1 is 0.885 bits per heavy atom. The van der Waals surface area contributed by atoms with Crippen LogP contribution in [0.25, 0.3) is 0 Å². The fourth-order valence-corrected chi connectivity index (χ4v) is 2.13. The molecule has 4 N–H and O–H groups in total. The van der Waals surface area contributed by atoms with Crippen LogP contribution in [0.1, 0.15) is 30.9 Å². The third-order valence-electron chi connectivity index (χ3n) is 3.58. The second-order valence-corrected chi connectivity index (χ2v) is 5.74. The van der Waals surface area contributed by atoms with Gasteiger partial charge in [0.2, 0.25) is 0 Å². The number of hydrogen-bond donors (Lipinski definition) is 4. The molecule has 0 fully saturated rings. The number of carboxylic acids is 1. The Labute approximate surface area is 153 Å². The van der Waals surface area contributed by atoms with Gasteiger partial charge < -0.3 is 20.4 Å². The number of carbonyl (C=O) groups is 1. The molecule has 0 radical (unpaired) electrons. The van der Waals surface area contributed by atoms with Crippen molar-refractivity contribution in [1.82, 2.24) is 0 Å². The van der Waals surface area contributed by atoms with Gasteiger partial charge in [-0.05, 0) is 18.4 Å². The van der Waals surface area contributed by atoms with Gasteiger partial charge in [-0.3, -0.25) is 4.79 Å². The highest BCUT2D eigenvalue weighted by atomic mass is 16.4. The van der Waals surface area contributed by atoms with E-state index in [9.17, 15) is 20.1 Å². The Kier molecular flexibility index (Phi) is 10.6. The van der Waals surface area contributed by atoms with Gasteiger partial charge in [0.1, 0.15) is 0 Å². The third-order valence-corrected chi connectivity index (χ3v) is 3.58. The van der Waals surface area contributed by atoms with E-state index in [0.29, 0.717) is 6.42 Å². The Morgan fingerprint density at radius 2 is 1.46 bits per heavy atom. The summed E-state index contributed by atoms with van der Waals surface area (Å²) >= 11 is 0. The number of aliphatic carboxylic acids is 1. The number of allylic oxidation sites excluding steroid dienone is 6. The third kappa shape index (κ3) is 9.74. The van der Waals surface area contributed by atoms with Crippen molar-refractivity contribution in [3.8, 4) is 0 Å². The zero-order valence-electron chi connectivity index (χ0n) is 14.6. The average Bonchev–Trinajstić information content (AvgIpc) is 2.63. The average molecular weight is 358 g/mol. The Balaban J connectivity index is 2.30. The van der Waals surface area contributed by atoms with Crippen LogP contribution in [0.15, 0.2) is 78.9 Å². The largest absolute Gasteiger partial charge is 0.481 e. The van der Waals surface area contributed by atoms with Crippen LogP contribution < -0.4 is 0 Å². The molecule has 5 heteroatoms. The van der Waals surface area contributed by atoms with Gasteiger partial charge in [0.15, 0.2) is 0 Å². The lowest BCUT2D eigenvalue weighted by Crippen LogP contribution is -2.23. The topological polar surface area (TPSA) is 98.0 Å². The lowest BCUT2D eigenvalue weighted by molar-refractivity contribution is -0.137. The molecular weight excluding hydrogens is 332 g/mol. The fraction of sp³-hybridized carbons (Fsp3) is 0.286. The van der Waals surface area contributed by atoms with E-state index >= 15 is 0 Å². The molecule has 0 bridgehead atoms. The number of aliphatic hydroxyl groups excluding tert-OH is 3. The van der Waals surface area contributed by atoms with Gasteiger partial charge >= 0.3 is 5.97 Å². The zero-order chi connectivity index (χ0) is 19.2. The van der Waals surface area contributed by atoms with Gasteiger partial charge in [0, 0.05) is 6.42 Å². The van der Waals surface area contributed by atoms with Crippen LogP contribution in [0.2, 0.25) is 0 Å². The first-order valence-electron chi connectivity index (χ1n) is 8.50. The van der Waals surface area contributed by atoms with Crippen LogP contribution in [-0.2, 0) is 4.79 Å². The summed E-state index contributed by atoms with van der Waals surface area (Å²) in [6.45, 7) is 0. The maximum absolute atomic E-state index is 10.4. The molecule has 140 valence electrons. The minimum absolute atomic E-state index is 0.0231. The predicted molar refractivity (Wildman–Crippen MR) is 101 cm³/mol. The normalized spacial score (nSPS) is 16.0. The molecule has 5 nitrogen and oxygen atoms in total. The van der Waals surface area contributed by atoms with Crippen LogP contribution in [0.5, 0.6) is 0 Å². The molecule has 1 rings (SSSR count). The number of hydrogen-bond acceptors (Lipinski definition) is 4. The molecule has 0 aliphatic carbocycles. The van der Waals surface area contributed by atoms with Crippen molar-refractivity contribution in [2.45, 2.75) is 37.6 Å². The van der Waals surface area contributed by atoms with E-state index in [-0.39, 0.29) is 12.8 Å². The first-order valence-corrected chi connectivity index (χ1v) is 8.50. The van der Waals surface area contributed by atoms with Gasteiger partial charge in [0.05, 0.1) is 18.3 Å². The maximum atomic E-state index is 10.4. The monoisotopic (exact) mass is 358 g/mol. The van der Waals surface area contributed by atoms with Crippen LogP contribution in [-0.4, -0.2) is 38.6 Å². The molecule has 0 aliphatic heterocycles. The van der Waals surface area contributed by atoms with E-state index in [0.717, 1.165) is 5.56 Å². The molecule has 0 unspecified atom stereocenters. The molecule has 26 heavy (non-hydrogen) atoms.